The highest BCUT2D eigenvalue weighted by Gasteiger charge is 2.32. The van der Waals surface area contributed by atoms with Gasteiger partial charge < -0.3 is 14.7 Å². The molecule has 5 nitrogen and oxygen atoms in total. The number of nitrogens with zero attached hydrogens (tertiary/aromatic N) is 1. The first-order valence-corrected chi connectivity index (χ1v) is 5.91. The van der Waals surface area contributed by atoms with Crippen molar-refractivity contribution in [3.05, 3.63) is 29.8 Å². The lowest BCUT2D eigenvalue weighted by molar-refractivity contribution is -0.142. The number of likely N-dealkylation sites (N-methyl/N-ethyl adjacent to an activating group) is 1. The van der Waals surface area contributed by atoms with Crippen molar-refractivity contribution in [2.45, 2.75) is 19.3 Å². The summed E-state index contributed by atoms with van der Waals surface area (Å²) in [5.74, 6) is -1.28. The summed E-state index contributed by atoms with van der Waals surface area (Å²) in [5.41, 5.74) is 0.343. The normalized spacial score (nSPS) is 10.9. The number of methoxy groups -OCH3 is 1. The molecule has 5 heteroatoms. The molecule has 0 aliphatic heterocycles. The number of carboxylic acids is 1. The summed E-state index contributed by atoms with van der Waals surface area (Å²) < 4.78 is 4.62. The third kappa shape index (κ3) is 3.24. The zero-order valence-corrected chi connectivity index (χ0v) is 11.6. The summed E-state index contributed by atoms with van der Waals surface area (Å²) in [5, 5.41) is 9.32. The molecule has 1 aromatic carbocycles. The molecule has 104 valence electrons. The molecule has 0 aromatic heterocycles. The Morgan fingerprint density at radius 3 is 2.42 bits per heavy atom. The molecule has 1 rings (SSSR count). The van der Waals surface area contributed by atoms with Crippen molar-refractivity contribution in [2.24, 2.45) is 0 Å². The van der Waals surface area contributed by atoms with Gasteiger partial charge in [-0.25, -0.2) is 0 Å². The second kappa shape index (κ2) is 5.73. The van der Waals surface area contributed by atoms with Crippen LogP contribution >= 0.6 is 0 Å². The molecule has 0 aliphatic carbocycles. The Morgan fingerprint density at radius 1 is 1.32 bits per heavy atom. The van der Waals surface area contributed by atoms with Crippen LogP contribution in [0.4, 0.5) is 5.69 Å². The Morgan fingerprint density at radius 2 is 1.89 bits per heavy atom. The fraction of sp³-hybridized carbons (Fsp3) is 0.429. The van der Waals surface area contributed by atoms with E-state index < -0.39 is 11.4 Å². The van der Waals surface area contributed by atoms with Crippen LogP contribution in [0.25, 0.3) is 0 Å². The van der Waals surface area contributed by atoms with E-state index in [1.807, 2.05) is 6.07 Å². The van der Waals surface area contributed by atoms with Gasteiger partial charge in [-0.15, -0.1) is 0 Å². The lowest BCUT2D eigenvalue weighted by Crippen LogP contribution is -2.33. The smallest absolute Gasteiger partial charge is 0.325 e. The number of hydrogen-bond donors (Lipinski definition) is 1. The molecule has 1 aromatic rings. The monoisotopic (exact) mass is 265 g/mol. The Labute approximate surface area is 112 Å². The van der Waals surface area contributed by atoms with Crippen LogP contribution in [-0.4, -0.2) is 37.7 Å². The van der Waals surface area contributed by atoms with Gasteiger partial charge >= 0.3 is 11.9 Å². The first kappa shape index (κ1) is 15.0. The van der Waals surface area contributed by atoms with Crippen LogP contribution in [-0.2, 0) is 19.7 Å². The molecule has 0 unspecified atom stereocenters. The zero-order chi connectivity index (χ0) is 14.6. The van der Waals surface area contributed by atoms with Crippen molar-refractivity contribution in [2.75, 3.05) is 25.6 Å². The third-order valence-electron chi connectivity index (χ3n) is 3.12. The molecular formula is C14H19NO4. The summed E-state index contributed by atoms with van der Waals surface area (Å²) in [6.07, 6.45) is 0. The van der Waals surface area contributed by atoms with E-state index in [0.717, 1.165) is 0 Å². The predicted octanol–water partition coefficient (Wildman–Crippen LogP) is 1.66. The fourth-order valence-electron chi connectivity index (χ4n) is 1.79. The highest BCUT2D eigenvalue weighted by Crippen LogP contribution is 2.31. The van der Waals surface area contributed by atoms with Crippen molar-refractivity contribution < 1.29 is 19.4 Å². The minimum absolute atomic E-state index is 0.0726. The lowest BCUT2D eigenvalue weighted by Gasteiger charge is -2.28. The van der Waals surface area contributed by atoms with Crippen LogP contribution in [0.3, 0.4) is 0 Å². The summed E-state index contributed by atoms with van der Waals surface area (Å²) in [7, 11) is 3.05. The first-order valence-electron chi connectivity index (χ1n) is 5.91. The highest BCUT2D eigenvalue weighted by atomic mass is 16.5. The molecule has 0 radical (unpaired) electrons. The summed E-state index contributed by atoms with van der Waals surface area (Å²) in [4.78, 5) is 24.4. The maximum atomic E-state index is 11.4. The van der Waals surface area contributed by atoms with Crippen LogP contribution in [0.1, 0.15) is 19.4 Å². The molecule has 0 saturated carbocycles. The maximum Gasteiger partial charge on any atom is 0.325 e. The number of aliphatic carboxylic acids is 1. The number of ether oxygens (including phenoxy) is 1. The van der Waals surface area contributed by atoms with Crippen LogP contribution in [0.2, 0.25) is 0 Å². The number of rotatable bonds is 5. The number of para-hydroxylation sites is 1. The second-order valence-electron chi connectivity index (χ2n) is 4.88. The average Bonchev–Trinajstić information content (AvgIpc) is 2.38. The highest BCUT2D eigenvalue weighted by molar-refractivity contribution is 5.84. The van der Waals surface area contributed by atoms with E-state index in [0.29, 0.717) is 11.3 Å². The van der Waals surface area contributed by atoms with Crippen LogP contribution in [0, 0.1) is 0 Å². The largest absolute Gasteiger partial charge is 0.481 e. The van der Waals surface area contributed by atoms with Crippen molar-refractivity contribution in [3.8, 4) is 0 Å². The van der Waals surface area contributed by atoms with Gasteiger partial charge in [-0.3, -0.25) is 9.59 Å². The van der Waals surface area contributed by atoms with Crippen LogP contribution < -0.4 is 4.90 Å². The molecule has 0 bridgehead atoms. The van der Waals surface area contributed by atoms with E-state index in [1.165, 1.54) is 7.11 Å². The van der Waals surface area contributed by atoms with Gasteiger partial charge in [0.05, 0.1) is 12.5 Å². The van der Waals surface area contributed by atoms with E-state index in [-0.39, 0.29) is 12.5 Å². The molecule has 0 saturated heterocycles. The first-order chi connectivity index (χ1) is 8.80. The maximum absolute atomic E-state index is 11.4. The molecule has 0 atom stereocenters. The lowest BCUT2D eigenvalue weighted by atomic mass is 9.83. The summed E-state index contributed by atoms with van der Waals surface area (Å²) >= 11 is 0. The Balaban J connectivity index is 3.16. The van der Waals surface area contributed by atoms with Gasteiger partial charge in [0.15, 0.2) is 0 Å². The van der Waals surface area contributed by atoms with Gasteiger partial charge in [-0.2, -0.15) is 0 Å². The SMILES string of the molecule is COC(=O)CN(C)c1ccccc1C(C)(C)C(=O)O. The molecule has 0 amide bonds. The molecular weight excluding hydrogens is 246 g/mol. The van der Waals surface area contributed by atoms with Gasteiger partial charge in [0.25, 0.3) is 0 Å². The van der Waals surface area contributed by atoms with E-state index in [2.05, 4.69) is 4.74 Å². The minimum Gasteiger partial charge on any atom is -0.481 e. The Bertz CT molecular complexity index is 482. The van der Waals surface area contributed by atoms with Gasteiger partial charge in [-0.05, 0) is 25.5 Å². The number of carbonyl (C=O) groups excluding carboxylic acids is 1. The zero-order valence-electron chi connectivity index (χ0n) is 11.6. The van der Waals surface area contributed by atoms with E-state index in [1.54, 1.807) is 44.0 Å². The average molecular weight is 265 g/mol. The standard InChI is InChI=1S/C14H19NO4/c1-14(2,13(17)18)10-7-5-6-8-11(10)15(3)9-12(16)19-4/h5-8H,9H2,1-4H3,(H,17,18). The summed E-state index contributed by atoms with van der Waals surface area (Å²) in [6, 6.07) is 7.15. The molecule has 0 aliphatic rings. The van der Waals surface area contributed by atoms with Crippen molar-refractivity contribution in [1.29, 1.82) is 0 Å². The van der Waals surface area contributed by atoms with Crippen molar-refractivity contribution in [3.63, 3.8) is 0 Å². The molecule has 0 heterocycles. The number of carboxylic acid groups (broad SMARTS) is 1. The van der Waals surface area contributed by atoms with E-state index in [9.17, 15) is 14.7 Å². The minimum atomic E-state index is -1.03. The van der Waals surface area contributed by atoms with Crippen molar-refractivity contribution >= 4 is 17.6 Å². The molecule has 1 N–H and O–H groups in total. The van der Waals surface area contributed by atoms with Gasteiger partial charge in [-0.1, -0.05) is 18.2 Å². The number of hydrogen-bond acceptors (Lipinski definition) is 4. The van der Waals surface area contributed by atoms with Crippen LogP contribution in [0.5, 0.6) is 0 Å². The number of esters is 1. The van der Waals surface area contributed by atoms with Gasteiger partial charge in [0, 0.05) is 12.7 Å². The molecule has 0 fully saturated rings. The predicted molar refractivity (Wildman–Crippen MR) is 72.4 cm³/mol. The fourth-order valence-corrected chi connectivity index (χ4v) is 1.79. The third-order valence-corrected chi connectivity index (χ3v) is 3.12. The van der Waals surface area contributed by atoms with E-state index >= 15 is 0 Å². The molecule has 0 spiro atoms. The second-order valence-corrected chi connectivity index (χ2v) is 4.88. The van der Waals surface area contributed by atoms with Crippen molar-refractivity contribution in [1.82, 2.24) is 0 Å². The van der Waals surface area contributed by atoms with Gasteiger partial charge in [0.1, 0.15) is 6.54 Å². The number of anilines is 1. The topological polar surface area (TPSA) is 66.8 Å². The Hall–Kier alpha value is -2.04. The Kier molecular flexibility index (Phi) is 4.53. The number of benzene rings is 1. The van der Waals surface area contributed by atoms with Gasteiger partial charge in [0.2, 0.25) is 0 Å². The summed E-state index contributed by atoms with van der Waals surface area (Å²) in [6.45, 7) is 3.35. The number of carbonyl (C=O) groups is 2. The quantitative estimate of drug-likeness (QED) is 0.820. The molecule has 19 heavy (non-hydrogen) atoms. The van der Waals surface area contributed by atoms with Crippen LogP contribution in [0.15, 0.2) is 24.3 Å². The van der Waals surface area contributed by atoms with E-state index in [4.69, 9.17) is 0 Å².